The molecule has 114 valence electrons. The van der Waals surface area contributed by atoms with Crippen molar-refractivity contribution in [3.8, 4) is 0 Å². The summed E-state index contributed by atoms with van der Waals surface area (Å²) < 4.78 is 5.50. The maximum absolute atomic E-state index is 12.6. The van der Waals surface area contributed by atoms with Crippen LogP contribution >= 0.6 is 0 Å². The molecule has 2 atom stereocenters. The van der Waals surface area contributed by atoms with E-state index in [0.717, 1.165) is 32.1 Å². The zero-order valence-corrected chi connectivity index (χ0v) is 13.0. The van der Waals surface area contributed by atoms with Gasteiger partial charge in [0.25, 0.3) is 0 Å². The fraction of sp³-hybridized carbons (Fsp3) is 0.611. The SMILES string of the molecule is COC1CC2CCC(C1)N2C(=O)CCc1cccc(C)c1. The van der Waals surface area contributed by atoms with E-state index >= 15 is 0 Å². The van der Waals surface area contributed by atoms with Gasteiger partial charge in [0.15, 0.2) is 0 Å². The minimum Gasteiger partial charge on any atom is -0.381 e. The number of benzene rings is 1. The highest BCUT2D eigenvalue weighted by Gasteiger charge is 2.42. The van der Waals surface area contributed by atoms with E-state index in [1.165, 1.54) is 11.1 Å². The molecular weight excluding hydrogens is 262 g/mol. The molecule has 2 aliphatic rings. The van der Waals surface area contributed by atoms with Crippen LogP contribution in [0.3, 0.4) is 0 Å². The number of piperidine rings is 1. The van der Waals surface area contributed by atoms with Crippen molar-refractivity contribution in [1.82, 2.24) is 4.90 Å². The molecule has 0 N–H and O–H groups in total. The first-order valence-electron chi connectivity index (χ1n) is 8.07. The van der Waals surface area contributed by atoms with E-state index < -0.39 is 0 Å². The number of nitrogens with zero attached hydrogens (tertiary/aromatic N) is 1. The minimum atomic E-state index is 0.332. The van der Waals surface area contributed by atoms with E-state index in [9.17, 15) is 4.79 Å². The number of hydrogen-bond donors (Lipinski definition) is 0. The summed E-state index contributed by atoms with van der Waals surface area (Å²) in [5, 5.41) is 0. The number of rotatable bonds is 4. The minimum absolute atomic E-state index is 0.332. The van der Waals surface area contributed by atoms with Crippen LogP contribution in [0.15, 0.2) is 24.3 Å². The second-order valence-electron chi connectivity index (χ2n) is 6.50. The Hall–Kier alpha value is -1.35. The van der Waals surface area contributed by atoms with Gasteiger partial charge in [-0.1, -0.05) is 29.8 Å². The second-order valence-corrected chi connectivity index (χ2v) is 6.50. The van der Waals surface area contributed by atoms with Crippen LogP contribution < -0.4 is 0 Å². The van der Waals surface area contributed by atoms with Gasteiger partial charge >= 0.3 is 0 Å². The topological polar surface area (TPSA) is 29.5 Å². The number of carbonyl (C=O) groups is 1. The predicted octanol–water partition coefficient (Wildman–Crippen LogP) is 3.10. The van der Waals surface area contributed by atoms with E-state index in [2.05, 4.69) is 36.1 Å². The monoisotopic (exact) mass is 287 g/mol. The standard InChI is InChI=1S/C18H25NO2/c1-13-4-3-5-14(10-13)6-9-18(20)19-15-7-8-16(19)12-17(11-15)21-2/h3-5,10,15-17H,6-9,11-12H2,1-2H3. The molecular formula is C18H25NO2. The lowest BCUT2D eigenvalue weighted by molar-refractivity contribution is -0.137. The fourth-order valence-corrected chi connectivity index (χ4v) is 3.97. The summed E-state index contributed by atoms with van der Waals surface area (Å²) >= 11 is 0. The lowest BCUT2D eigenvalue weighted by Gasteiger charge is -2.38. The van der Waals surface area contributed by atoms with E-state index in [-0.39, 0.29) is 0 Å². The lowest BCUT2D eigenvalue weighted by Crippen LogP contribution is -2.48. The normalized spacial score (nSPS) is 27.9. The Labute approximate surface area is 127 Å². The molecule has 0 spiro atoms. The molecule has 2 aliphatic heterocycles. The largest absolute Gasteiger partial charge is 0.381 e. The van der Waals surface area contributed by atoms with Gasteiger partial charge in [-0.15, -0.1) is 0 Å². The van der Waals surface area contributed by atoms with Crippen molar-refractivity contribution >= 4 is 5.91 Å². The number of ether oxygens (including phenoxy) is 1. The molecule has 3 heteroatoms. The van der Waals surface area contributed by atoms with E-state index in [0.29, 0.717) is 30.5 Å². The zero-order chi connectivity index (χ0) is 14.8. The average molecular weight is 287 g/mol. The highest BCUT2D eigenvalue weighted by atomic mass is 16.5. The van der Waals surface area contributed by atoms with Crippen molar-refractivity contribution in [2.45, 2.75) is 63.6 Å². The summed E-state index contributed by atoms with van der Waals surface area (Å²) in [4.78, 5) is 14.8. The highest BCUT2D eigenvalue weighted by molar-refractivity contribution is 5.77. The summed E-state index contributed by atoms with van der Waals surface area (Å²) in [6, 6.07) is 9.30. The van der Waals surface area contributed by atoms with Crippen LogP contribution in [0.1, 0.15) is 43.2 Å². The third kappa shape index (κ3) is 3.13. The predicted molar refractivity (Wildman–Crippen MR) is 83.2 cm³/mol. The summed E-state index contributed by atoms with van der Waals surface area (Å²) in [6.07, 6.45) is 6.18. The average Bonchev–Trinajstić information content (AvgIpc) is 2.75. The fourth-order valence-electron chi connectivity index (χ4n) is 3.97. The molecule has 2 fully saturated rings. The number of fused-ring (bicyclic) bond motifs is 2. The Bertz CT molecular complexity index is 500. The van der Waals surface area contributed by atoms with Crippen LogP contribution in [-0.4, -0.2) is 36.1 Å². The highest BCUT2D eigenvalue weighted by Crippen LogP contribution is 2.37. The van der Waals surface area contributed by atoms with E-state index in [1.807, 2.05) is 0 Å². The quantitative estimate of drug-likeness (QED) is 0.851. The molecule has 1 amide bonds. The van der Waals surface area contributed by atoms with Crippen LogP contribution in [0.4, 0.5) is 0 Å². The van der Waals surface area contributed by atoms with Crippen molar-refractivity contribution < 1.29 is 9.53 Å². The van der Waals surface area contributed by atoms with Crippen LogP contribution in [0.5, 0.6) is 0 Å². The molecule has 2 bridgehead atoms. The first-order valence-corrected chi connectivity index (χ1v) is 8.07. The molecule has 0 aromatic heterocycles. The maximum atomic E-state index is 12.6. The van der Waals surface area contributed by atoms with Gasteiger partial charge in [0.2, 0.25) is 5.91 Å². The summed E-state index contributed by atoms with van der Waals surface area (Å²) in [7, 11) is 1.79. The van der Waals surface area contributed by atoms with Gasteiger partial charge < -0.3 is 9.64 Å². The molecule has 21 heavy (non-hydrogen) atoms. The van der Waals surface area contributed by atoms with Crippen molar-refractivity contribution in [3.05, 3.63) is 35.4 Å². The van der Waals surface area contributed by atoms with Crippen molar-refractivity contribution in [3.63, 3.8) is 0 Å². The number of carbonyl (C=O) groups excluding carboxylic acids is 1. The number of methoxy groups -OCH3 is 1. The van der Waals surface area contributed by atoms with Crippen LogP contribution in [-0.2, 0) is 16.0 Å². The van der Waals surface area contributed by atoms with Gasteiger partial charge in [-0.3, -0.25) is 4.79 Å². The summed E-state index contributed by atoms with van der Waals surface area (Å²) in [5.74, 6) is 0.332. The molecule has 2 saturated heterocycles. The van der Waals surface area contributed by atoms with E-state index in [4.69, 9.17) is 4.74 Å². The molecule has 3 rings (SSSR count). The molecule has 0 saturated carbocycles. The smallest absolute Gasteiger partial charge is 0.223 e. The van der Waals surface area contributed by atoms with Crippen molar-refractivity contribution in [1.29, 1.82) is 0 Å². The van der Waals surface area contributed by atoms with E-state index in [1.54, 1.807) is 7.11 Å². The first-order chi connectivity index (χ1) is 10.2. The molecule has 1 aromatic rings. The molecule has 1 aromatic carbocycles. The zero-order valence-electron chi connectivity index (χ0n) is 13.0. The number of aryl methyl sites for hydroxylation is 2. The van der Waals surface area contributed by atoms with Gasteiger partial charge in [-0.05, 0) is 44.6 Å². The van der Waals surface area contributed by atoms with Crippen LogP contribution in [0.2, 0.25) is 0 Å². The Morgan fingerprint density at radius 1 is 1.29 bits per heavy atom. The van der Waals surface area contributed by atoms with Gasteiger partial charge in [-0.2, -0.15) is 0 Å². The van der Waals surface area contributed by atoms with Gasteiger partial charge in [-0.25, -0.2) is 0 Å². The third-order valence-electron chi connectivity index (χ3n) is 5.02. The Morgan fingerprint density at radius 2 is 2.00 bits per heavy atom. The van der Waals surface area contributed by atoms with Gasteiger partial charge in [0.05, 0.1) is 6.10 Å². The molecule has 2 unspecified atom stereocenters. The molecule has 0 radical (unpaired) electrons. The van der Waals surface area contributed by atoms with Crippen LogP contribution in [0.25, 0.3) is 0 Å². The van der Waals surface area contributed by atoms with Crippen molar-refractivity contribution in [2.24, 2.45) is 0 Å². The number of hydrogen-bond acceptors (Lipinski definition) is 2. The third-order valence-corrected chi connectivity index (χ3v) is 5.02. The molecule has 2 heterocycles. The maximum Gasteiger partial charge on any atom is 0.223 e. The molecule has 0 aliphatic carbocycles. The lowest BCUT2D eigenvalue weighted by atomic mass is 9.98. The number of amides is 1. The Balaban J connectivity index is 1.59. The van der Waals surface area contributed by atoms with Crippen molar-refractivity contribution in [2.75, 3.05) is 7.11 Å². The van der Waals surface area contributed by atoms with Gasteiger partial charge in [0.1, 0.15) is 0 Å². The van der Waals surface area contributed by atoms with Crippen LogP contribution in [0, 0.1) is 6.92 Å². The summed E-state index contributed by atoms with van der Waals surface area (Å²) in [6.45, 7) is 2.10. The first kappa shape index (κ1) is 14.6. The van der Waals surface area contributed by atoms with Gasteiger partial charge in [0, 0.05) is 25.6 Å². The Morgan fingerprint density at radius 3 is 2.62 bits per heavy atom. The Kier molecular flexibility index (Phi) is 4.29. The second kappa shape index (κ2) is 6.18. The summed E-state index contributed by atoms with van der Waals surface area (Å²) in [5.41, 5.74) is 2.53. The molecule has 3 nitrogen and oxygen atoms in total.